The molecule has 0 aliphatic carbocycles. The van der Waals surface area contributed by atoms with E-state index in [0.29, 0.717) is 23.5 Å². The fraction of sp³-hybridized carbons (Fsp3) is 0.296. The molecule has 2 aromatic carbocycles. The minimum atomic E-state index is -0.715. The minimum Gasteiger partial charge on any atom is -0.444 e. The van der Waals surface area contributed by atoms with Gasteiger partial charge in [0.05, 0.1) is 0 Å². The van der Waals surface area contributed by atoms with Crippen molar-refractivity contribution >= 4 is 41.0 Å². The number of aryl methyl sites for hydroxylation is 1. The monoisotopic (exact) mass is 519 g/mol. The molecule has 3 rings (SSSR count). The second-order valence-corrected chi connectivity index (χ2v) is 9.78. The zero-order valence-corrected chi connectivity index (χ0v) is 22.1. The molecule has 11 nitrogen and oxygen atoms in total. The van der Waals surface area contributed by atoms with E-state index in [0.717, 1.165) is 5.56 Å². The van der Waals surface area contributed by atoms with E-state index in [9.17, 15) is 14.4 Å². The van der Waals surface area contributed by atoms with E-state index in [1.165, 1.54) is 6.20 Å². The number of carbonyl (C=O) groups is 3. The summed E-state index contributed by atoms with van der Waals surface area (Å²) in [6.07, 6.45) is 0.769. The number of nitrogens with zero attached hydrogens (tertiary/aromatic N) is 2. The summed E-state index contributed by atoms with van der Waals surface area (Å²) in [6.45, 7) is 9.38. The summed E-state index contributed by atoms with van der Waals surface area (Å²) in [5.41, 5.74) is 7.63. The van der Waals surface area contributed by atoms with Crippen LogP contribution in [0, 0.1) is 6.92 Å². The zero-order valence-electron chi connectivity index (χ0n) is 22.1. The first-order chi connectivity index (χ1) is 17.9. The molecule has 0 saturated carbocycles. The van der Waals surface area contributed by atoms with Crippen molar-refractivity contribution in [3.63, 3.8) is 0 Å². The fourth-order valence-corrected chi connectivity index (χ4v) is 3.35. The summed E-state index contributed by atoms with van der Waals surface area (Å²) in [4.78, 5) is 45.2. The number of rotatable bonds is 9. The molecule has 3 amide bonds. The third-order valence-electron chi connectivity index (χ3n) is 5.05. The van der Waals surface area contributed by atoms with Gasteiger partial charge >= 0.3 is 6.09 Å². The highest BCUT2D eigenvalue weighted by atomic mass is 16.6. The van der Waals surface area contributed by atoms with Gasteiger partial charge in [0.15, 0.2) is 0 Å². The van der Waals surface area contributed by atoms with Gasteiger partial charge in [0, 0.05) is 35.7 Å². The van der Waals surface area contributed by atoms with Gasteiger partial charge in [-0.3, -0.25) is 9.59 Å². The van der Waals surface area contributed by atoms with Crippen molar-refractivity contribution in [3.05, 3.63) is 71.4 Å². The number of ether oxygens (including phenoxy) is 1. The van der Waals surface area contributed by atoms with Crippen molar-refractivity contribution in [1.82, 2.24) is 15.3 Å². The van der Waals surface area contributed by atoms with Crippen LogP contribution in [-0.4, -0.2) is 46.1 Å². The van der Waals surface area contributed by atoms with Gasteiger partial charge in [0.25, 0.3) is 11.8 Å². The Kier molecular flexibility index (Phi) is 8.85. The lowest BCUT2D eigenvalue weighted by Gasteiger charge is -2.22. The van der Waals surface area contributed by atoms with Gasteiger partial charge in [-0.1, -0.05) is 18.2 Å². The van der Waals surface area contributed by atoms with Gasteiger partial charge < -0.3 is 31.7 Å². The molecule has 6 N–H and O–H groups in total. The molecule has 1 aromatic heterocycles. The number of nitrogens with one attached hydrogen (secondary N) is 4. The molecule has 0 aliphatic rings. The third kappa shape index (κ3) is 8.47. The Bertz CT molecular complexity index is 1320. The van der Waals surface area contributed by atoms with Crippen LogP contribution in [-0.2, 0) is 4.74 Å². The van der Waals surface area contributed by atoms with Crippen LogP contribution in [0.1, 0.15) is 54.0 Å². The van der Waals surface area contributed by atoms with Crippen molar-refractivity contribution in [1.29, 1.82) is 0 Å². The SMILES string of the molecule is Cc1cccc(NC(=O)c2cccc(Nc3nc(NC[C@H](C)NC(=O)OC(C)(C)C)ncc3C(N)=O)c2)c1. The first-order valence-electron chi connectivity index (χ1n) is 12.0. The number of amides is 3. The van der Waals surface area contributed by atoms with Crippen LogP contribution >= 0.6 is 0 Å². The molecule has 0 fully saturated rings. The number of nitrogens with two attached hydrogens (primary N) is 1. The van der Waals surface area contributed by atoms with E-state index < -0.39 is 17.6 Å². The van der Waals surface area contributed by atoms with Gasteiger partial charge in [0.1, 0.15) is 17.0 Å². The highest BCUT2D eigenvalue weighted by Crippen LogP contribution is 2.21. The maximum absolute atomic E-state index is 12.8. The number of anilines is 4. The first-order valence-corrected chi connectivity index (χ1v) is 12.0. The van der Waals surface area contributed by atoms with E-state index in [2.05, 4.69) is 31.2 Å². The second kappa shape index (κ2) is 12.0. The number of hydrogen-bond acceptors (Lipinski definition) is 8. The van der Waals surface area contributed by atoms with E-state index in [-0.39, 0.29) is 29.3 Å². The first kappa shape index (κ1) is 27.9. The molecule has 1 atom stereocenters. The summed E-state index contributed by atoms with van der Waals surface area (Å²) >= 11 is 0. The van der Waals surface area contributed by atoms with Gasteiger partial charge in [-0.2, -0.15) is 4.98 Å². The Morgan fingerprint density at radius 1 is 1.05 bits per heavy atom. The molecule has 38 heavy (non-hydrogen) atoms. The molecule has 0 bridgehead atoms. The molecular formula is C27H33N7O4. The molecule has 200 valence electrons. The average Bonchev–Trinajstić information content (AvgIpc) is 2.81. The smallest absolute Gasteiger partial charge is 0.407 e. The number of primary amides is 1. The topological polar surface area (TPSA) is 160 Å². The van der Waals surface area contributed by atoms with E-state index in [1.807, 2.05) is 31.2 Å². The summed E-state index contributed by atoms with van der Waals surface area (Å²) < 4.78 is 5.25. The second-order valence-electron chi connectivity index (χ2n) is 9.78. The minimum absolute atomic E-state index is 0.0742. The average molecular weight is 520 g/mol. The Labute approximate surface area is 221 Å². The molecule has 0 radical (unpaired) electrons. The quantitative estimate of drug-likeness (QED) is 0.281. The number of alkyl carbamates (subject to hydrolysis) is 1. The Hall–Kier alpha value is -4.67. The molecule has 11 heteroatoms. The maximum atomic E-state index is 12.8. The lowest BCUT2D eigenvalue weighted by atomic mass is 10.1. The highest BCUT2D eigenvalue weighted by Gasteiger charge is 2.18. The standard InChI is InChI=1S/C27H33N7O4/c1-16-8-6-10-19(12-16)33-24(36)18-9-7-11-20(13-18)32-23-21(22(28)35)15-30-25(34-23)29-14-17(2)31-26(37)38-27(3,4)5/h6-13,15,17H,14H2,1-5H3,(H2,28,35)(H,31,37)(H,33,36)(H2,29,30,32,34)/t17-/m0/s1. The number of benzene rings is 2. The van der Waals surface area contributed by atoms with Crippen LogP contribution in [0.2, 0.25) is 0 Å². The fourth-order valence-electron chi connectivity index (χ4n) is 3.35. The summed E-state index contributed by atoms with van der Waals surface area (Å²) in [7, 11) is 0. The summed E-state index contributed by atoms with van der Waals surface area (Å²) in [5, 5.41) is 11.7. The molecule has 3 aromatic rings. The number of carbonyl (C=O) groups excluding carboxylic acids is 3. The zero-order chi connectivity index (χ0) is 27.9. The van der Waals surface area contributed by atoms with Gasteiger partial charge in [0.2, 0.25) is 5.95 Å². The Balaban J connectivity index is 1.71. The predicted octanol–water partition coefficient (Wildman–Crippen LogP) is 4.20. The van der Waals surface area contributed by atoms with Gasteiger partial charge in [-0.05, 0) is 70.5 Å². The molecule has 0 saturated heterocycles. The van der Waals surface area contributed by atoms with Crippen molar-refractivity contribution < 1.29 is 19.1 Å². The number of aromatic nitrogens is 2. The van der Waals surface area contributed by atoms with Crippen molar-refractivity contribution in [2.45, 2.75) is 46.3 Å². The molecule has 1 heterocycles. The van der Waals surface area contributed by atoms with Crippen LogP contribution < -0.4 is 27.0 Å². The Morgan fingerprint density at radius 3 is 2.45 bits per heavy atom. The predicted molar refractivity (Wildman–Crippen MR) is 147 cm³/mol. The van der Waals surface area contributed by atoms with Crippen molar-refractivity contribution in [2.75, 3.05) is 22.5 Å². The normalized spacial score (nSPS) is 11.7. The summed E-state index contributed by atoms with van der Waals surface area (Å²) in [5.74, 6) is -0.624. The molecular weight excluding hydrogens is 486 g/mol. The van der Waals surface area contributed by atoms with Crippen molar-refractivity contribution in [3.8, 4) is 0 Å². The van der Waals surface area contributed by atoms with E-state index in [1.54, 1.807) is 52.0 Å². The van der Waals surface area contributed by atoms with E-state index in [4.69, 9.17) is 10.5 Å². The lowest BCUT2D eigenvalue weighted by molar-refractivity contribution is 0.0510. The third-order valence-corrected chi connectivity index (χ3v) is 5.05. The van der Waals surface area contributed by atoms with Crippen LogP contribution in [0.4, 0.5) is 27.9 Å². The lowest BCUT2D eigenvalue weighted by Crippen LogP contribution is -2.41. The molecule has 0 unspecified atom stereocenters. The molecule has 0 aliphatic heterocycles. The molecule has 0 spiro atoms. The van der Waals surface area contributed by atoms with Crippen LogP contribution in [0.15, 0.2) is 54.7 Å². The largest absolute Gasteiger partial charge is 0.444 e. The number of hydrogen-bond donors (Lipinski definition) is 5. The van der Waals surface area contributed by atoms with Gasteiger partial charge in [-0.25, -0.2) is 9.78 Å². The highest BCUT2D eigenvalue weighted by molar-refractivity contribution is 6.05. The summed E-state index contributed by atoms with van der Waals surface area (Å²) in [6, 6.07) is 13.9. The van der Waals surface area contributed by atoms with Gasteiger partial charge in [-0.15, -0.1) is 0 Å². The van der Waals surface area contributed by atoms with Crippen LogP contribution in [0.3, 0.4) is 0 Å². The van der Waals surface area contributed by atoms with Crippen molar-refractivity contribution in [2.24, 2.45) is 5.73 Å². The van der Waals surface area contributed by atoms with Crippen LogP contribution in [0.25, 0.3) is 0 Å². The Morgan fingerprint density at radius 2 is 1.76 bits per heavy atom. The van der Waals surface area contributed by atoms with E-state index >= 15 is 0 Å². The van der Waals surface area contributed by atoms with Crippen LogP contribution in [0.5, 0.6) is 0 Å². The maximum Gasteiger partial charge on any atom is 0.407 e.